The number of hydrogen-bond donors (Lipinski definition) is 2. The molecule has 2 rings (SSSR count). The summed E-state index contributed by atoms with van der Waals surface area (Å²) >= 11 is 0. The van der Waals surface area contributed by atoms with Gasteiger partial charge >= 0.3 is 6.18 Å². The van der Waals surface area contributed by atoms with Crippen LogP contribution in [0.1, 0.15) is 29.3 Å². The average molecular weight is 341 g/mol. The van der Waals surface area contributed by atoms with Crippen LogP contribution >= 0.6 is 12.4 Å². The molecule has 1 heterocycles. The first-order valence-electron chi connectivity index (χ1n) is 6.68. The van der Waals surface area contributed by atoms with Gasteiger partial charge in [0.1, 0.15) is 5.82 Å². The second-order valence-corrected chi connectivity index (χ2v) is 5.21. The molecule has 1 aromatic rings. The van der Waals surface area contributed by atoms with Crippen LogP contribution in [0.15, 0.2) is 18.2 Å². The molecule has 124 valence electrons. The van der Waals surface area contributed by atoms with Crippen molar-refractivity contribution in [1.82, 2.24) is 10.6 Å². The van der Waals surface area contributed by atoms with Gasteiger partial charge in [0, 0.05) is 6.04 Å². The molecule has 2 atom stereocenters. The standard InChI is InChI=1S/C14H16F4N2O.ClH/c1-8-7-19-6-5-11(8)20-13(21)9-3-2-4-10(12(9)15)14(16,17)18;/h2-4,8,11,19H,5-7H2,1H3,(H,20,21);1H. The Hall–Kier alpha value is -1.34. The summed E-state index contributed by atoms with van der Waals surface area (Å²) in [5, 5.41) is 5.76. The van der Waals surface area contributed by atoms with Crippen LogP contribution in [0.5, 0.6) is 0 Å². The predicted octanol–water partition coefficient (Wildman–Crippen LogP) is 2.99. The van der Waals surface area contributed by atoms with E-state index in [1.807, 2.05) is 6.92 Å². The largest absolute Gasteiger partial charge is 0.419 e. The topological polar surface area (TPSA) is 41.1 Å². The Morgan fingerprint density at radius 1 is 1.36 bits per heavy atom. The Bertz CT molecular complexity index is 536. The van der Waals surface area contributed by atoms with Crippen molar-refractivity contribution in [3.8, 4) is 0 Å². The van der Waals surface area contributed by atoms with Crippen LogP contribution in [-0.4, -0.2) is 25.0 Å². The van der Waals surface area contributed by atoms with Crippen LogP contribution in [-0.2, 0) is 6.18 Å². The van der Waals surface area contributed by atoms with Gasteiger partial charge in [-0.2, -0.15) is 13.2 Å². The van der Waals surface area contributed by atoms with E-state index in [1.165, 1.54) is 0 Å². The van der Waals surface area contributed by atoms with Crippen molar-refractivity contribution in [2.75, 3.05) is 13.1 Å². The maximum absolute atomic E-state index is 13.9. The van der Waals surface area contributed by atoms with Gasteiger partial charge in [-0.25, -0.2) is 4.39 Å². The number of amides is 1. The number of hydrogen-bond acceptors (Lipinski definition) is 2. The minimum atomic E-state index is -4.82. The molecule has 1 amide bonds. The van der Waals surface area contributed by atoms with Gasteiger partial charge in [0.15, 0.2) is 0 Å². The van der Waals surface area contributed by atoms with Crippen LogP contribution in [0, 0.1) is 11.7 Å². The molecule has 0 aliphatic carbocycles. The normalized spacial score (nSPS) is 21.9. The molecular weight excluding hydrogens is 324 g/mol. The zero-order valence-corrected chi connectivity index (χ0v) is 12.7. The molecule has 0 radical (unpaired) electrons. The zero-order valence-electron chi connectivity index (χ0n) is 11.8. The van der Waals surface area contributed by atoms with Gasteiger partial charge in [-0.15, -0.1) is 12.4 Å². The van der Waals surface area contributed by atoms with Crippen molar-refractivity contribution in [2.45, 2.75) is 25.6 Å². The fourth-order valence-electron chi connectivity index (χ4n) is 2.40. The van der Waals surface area contributed by atoms with Crippen molar-refractivity contribution in [3.05, 3.63) is 35.1 Å². The molecule has 3 nitrogen and oxygen atoms in total. The lowest BCUT2D eigenvalue weighted by Crippen LogP contribution is -2.48. The first-order chi connectivity index (χ1) is 9.80. The highest BCUT2D eigenvalue weighted by atomic mass is 35.5. The minimum Gasteiger partial charge on any atom is -0.349 e. The van der Waals surface area contributed by atoms with Crippen molar-refractivity contribution in [3.63, 3.8) is 0 Å². The SMILES string of the molecule is CC1CNCCC1NC(=O)c1cccc(C(F)(F)F)c1F.Cl. The predicted molar refractivity (Wildman–Crippen MR) is 76.6 cm³/mol. The summed E-state index contributed by atoms with van der Waals surface area (Å²) in [5.74, 6) is -2.20. The highest BCUT2D eigenvalue weighted by Crippen LogP contribution is 2.32. The van der Waals surface area contributed by atoms with E-state index in [1.54, 1.807) is 0 Å². The Kier molecular flexibility index (Phi) is 6.19. The van der Waals surface area contributed by atoms with E-state index < -0.39 is 29.0 Å². The van der Waals surface area contributed by atoms with E-state index in [0.29, 0.717) is 25.6 Å². The highest BCUT2D eigenvalue weighted by Gasteiger charge is 2.36. The lowest BCUT2D eigenvalue weighted by molar-refractivity contribution is -0.140. The van der Waals surface area contributed by atoms with E-state index in [9.17, 15) is 22.4 Å². The molecule has 0 aromatic heterocycles. The molecule has 8 heteroatoms. The van der Waals surface area contributed by atoms with E-state index in [4.69, 9.17) is 0 Å². The number of nitrogens with one attached hydrogen (secondary N) is 2. The van der Waals surface area contributed by atoms with Crippen LogP contribution in [0.2, 0.25) is 0 Å². The quantitative estimate of drug-likeness (QED) is 0.813. The van der Waals surface area contributed by atoms with Crippen molar-refractivity contribution in [1.29, 1.82) is 0 Å². The number of carbonyl (C=O) groups is 1. The third kappa shape index (κ3) is 4.10. The van der Waals surface area contributed by atoms with Gasteiger partial charge in [0.25, 0.3) is 5.91 Å². The molecule has 1 saturated heterocycles. The maximum atomic E-state index is 13.9. The van der Waals surface area contributed by atoms with Crippen LogP contribution in [0.3, 0.4) is 0 Å². The fraction of sp³-hybridized carbons (Fsp3) is 0.500. The Morgan fingerprint density at radius 3 is 2.64 bits per heavy atom. The summed E-state index contributed by atoms with van der Waals surface area (Å²) < 4.78 is 51.8. The second-order valence-electron chi connectivity index (χ2n) is 5.21. The number of alkyl halides is 3. The summed E-state index contributed by atoms with van der Waals surface area (Å²) in [6.07, 6.45) is -4.16. The minimum absolute atomic E-state index is 0. The van der Waals surface area contributed by atoms with Crippen molar-refractivity contribution >= 4 is 18.3 Å². The molecule has 0 bridgehead atoms. The zero-order chi connectivity index (χ0) is 15.6. The third-order valence-electron chi connectivity index (χ3n) is 3.65. The average Bonchev–Trinajstić information content (AvgIpc) is 2.40. The van der Waals surface area contributed by atoms with E-state index in [-0.39, 0.29) is 24.4 Å². The molecule has 0 saturated carbocycles. The molecule has 1 aromatic carbocycles. The van der Waals surface area contributed by atoms with Gasteiger partial charge in [-0.05, 0) is 37.6 Å². The summed E-state index contributed by atoms with van der Waals surface area (Å²) in [6, 6.07) is 2.55. The summed E-state index contributed by atoms with van der Waals surface area (Å²) in [6.45, 7) is 3.33. The fourth-order valence-corrected chi connectivity index (χ4v) is 2.40. The van der Waals surface area contributed by atoms with Gasteiger partial charge in [0.2, 0.25) is 0 Å². The number of piperidine rings is 1. The first kappa shape index (κ1) is 18.7. The molecule has 2 N–H and O–H groups in total. The molecule has 1 fully saturated rings. The Labute approximate surface area is 131 Å². The van der Waals surface area contributed by atoms with Crippen LogP contribution in [0.25, 0.3) is 0 Å². The van der Waals surface area contributed by atoms with E-state index >= 15 is 0 Å². The molecule has 2 unspecified atom stereocenters. The Balaban J connectivity index is 0.00000242. The van der Waals surface area contributed by atoms with Crippen LogP contribution < -0.4 is 10.6 Å². The number of halogens is 5. The van der Waals surface area contributed by atoms with Crippen LogP contribution in [0.4, 0.5) is 17.6 Å². The number of benzene rings is 1. The lowest BCUT2D eigenvalue weighted by Gasteiger charge is -2.30. The summed E-state index contributed by atoms with van der Waals surface area (Å²) in [4.78, 5) is 12.0. The molecule has 1 aliphatic heterocycles. The molecule has 0 spiro atoms. The van der Waals surface area contributed by atoms with Crippen molar-refractivity contribution in [2.24, 2.45) is 5.92 Å². The molecule has 1 aliphatic rings. The monoisotopic (exact) mass is 340 g/mol. The van der Waals surface area contributed by atoms with Gasteiger partial charge in [-0.3, -0.25) is 4.79 Å². The third-order valence-corrected chi connectivity index (χ3v) is 3.65. The second kappa shape index (κ2) is 7.28. The molecule has 22 heavy (non-hydrogen) atoms. The van der Waals surface area contributed by atoms with Gasteiger partial charge < -0.3 is 10.6 Å². The van der Waals surface area contributed by atoms with Gasteiger partial charge in [-0.1, -0.05) is 13.0 Å². The number of rotatable bonds is 2. The maximum Gasteiger partial charge on any atom is 0.419 e. The highest BCUT2D eigenvalue weighted by molar-refractivity contribution is 5.95. The van der Waals surface area contributed by atoms with E-state index in [2.05, 4.69) is 10.6 Å². The first-order valence-corrected chi connectivity index (χ1v) is 6.68. The smallest absolute Gasteiger partial charge is 0.349 e. The summed E-state index contributed by atoms with van der Waals surface area (Å²) in [7, 11) is 0. The van der Waals surface area contributed by atoms with Crippen molar-refractivity contribution < 1.29 is 22.4 Å². The lowest BCUT2D eigenvalue weighted by atomic mass is 9.95. The number of carbonyl (C=O) groups excluding carboxylic acids is 1. The molecular formula is C14H17ClF4N2O. The Morgan fingerprint density at radius 2 is 2.05 bits per heavy atom. The summed E-state index contributed by atoms with van der Waals surface area (Å²) in [5.41, 5.74) is -2.00. The van der Waals surface area contributed by atoms with Gasteiger partial charge in [0.05, 0.1) is 11.1 Å². The van der Waals surface area contributed by atoms with E-state index in [0.717, 1.165) is 12.1 Å².